The van der Waals surface area contributed by atoms with Crippen molar-refractivity contribution < 1.29 is 26.7 Å². The maximum Gasteiger partial charge on any atom is 0.243 e. The van der Waals surface area contributed by atoms with Crippen LogP contribution in [0, 0.1) is 11.6 Å². The van der Waals surface area contributed by atoms with Gasteiger partial charge in [0.05, 0.1) is 16.7 Å². The fourth-order valence-corrected chi connectivity index (χ4v) is 7.27. The van der Waals surface area contributed by atoms with Crippen molar-refractivity contribution in [1.29, 1.82) is 0 Å². The van der Waals surface area contributed by atoms with Gasteiger partial charge < -0.3 is 14.5 Å². The van der Waals surface area contributed by atoms with E-state index in [1.54, 1.807) is 17.0 Å². The number of amides is 1. The molecule has 0 saturated carbocycles. The number of anilines is 1. The van der Waals surface area contributed by atoms with Crippen molar-refractivity contribution in [3.05, 3.63) is 48.0 Å². The lowest BCUT2D eigenvalue weighted by Crippen LogP contribution is -2.54. The number of carbonyl (C=O) groups excluding carboxylic acids is 1. The second kappa shape index (κ2) is 9.32. The zero-order valence-corrected chi connectivity index (χ0v) is 20.6. The van der Waals surface area contributed by atoms with Gasteiger partial charge >= 0.3 is 0 Å². The quantitative estimate of drug-likeness (QED) is 0.512. The predicted octanol–water partition coefficient (Wildman–Crippen LogP) is 3.09. The molecule has 35 heavy (non-hydrogen) atoms. The average molecular weight is 523 g/mol. The van der Waals surface area contributed by atoms with Crippen molar-refractivity contribution in [3.8, 4) is 5.75 Å². The van der Waals surface area contributed by atoms with Gasteiger partial charge in [-0.1, -0.05) is 11.3 Å². The Morgan fingerprint density at radius 3 is 2.49 bits per heavy atom. The molecular formula is C23H24F2N4O4S2. The van der Waals surface area contributed by atoms with Crippen LogP contribution in [0.1, 0.15) is 12.8 Å². The van der Waals surface area contributed by atoms with Crippen LogP contribution in [0.15, 0.2) is 41.3 Å². The first kappa shape index (κ1) is 23.9. The van der Waals surface area contributed by atoms with Crippen LogP contribution in [0.2, 0.25) is 0 Å². The van der Waals surface area contributed by atoms with Crippen LogP contribution in [0.4, 0.5) is 13.9 Å². The molecule has 8 nitrogen and oxygen atoms in total. The summed E-state index contributed by atoms with van der Waals surface area (Å²) in [7, 11) is -2.32. The number of piperazine rings is 1. The number of methoxy groups -OCH3 is 1. The SMILES string of the molecule is COc1ccc(S(=O)(=O)N2CCCC2C(=O)N2CCN(c3nc4c(F)cc(F)cc4s3)CC2)cc1. The molecule has 2 saturated heterocycles. The number of hydrogen-bond donors (Lipinski definition) is 0. The van der Waals surface area contributed by atoms with Crippen molar-refractivity contribution in [1.82, 2.24) is 14.2 Å². The van der Waals surface area contributed by atoms with E-state index in [-0.39, 0.29) is 16.3 Å². The van der Waals surface area contributed by atoms with Crippen LogP contribution in [0.5, 0.6) is 5.75 Å². The largest absolute Gasteiger partial charge is 0.497 e. The third-order valence-corrected chi connectivity index (χ3v) is 9.40. The summed E-state index contributed by atoms with van der Waals surface area (Å²) in [6.45, 7) is 2.00. The maximum absolute atomic E-state index is 14.0. The number of rotatable bonds is 5. The standard InChI is InChI=1S/C23H24F2N4O4S2/c1-33-16-4-6-17(7-5-16)35(31,32)29-8-2-3-19(29)22(30)27-9-11-28(12-10-27)23-26-21-18(25)13-15(24)14-20(21)34-23/h4-7,13-14,19H,2-3,8-12H2,1H3. The fourth-order valence-electron chi connectivity index (χ4n) is 4.57. The molecular weight excluding hydrogens is 498 g/mol. The molecule has 12 heteroatoms. The van der Waals surface area contributed by atoms with Crippen LogP contribution in [0.3, 0.4) is 0 Å². The number of aromatic nitrogens is 1. The number of halogens is 2. The summed E-state index contributed by atoms with van der Waals surface area (Å²) in [4.78, 5) is 21.4. The minimum atomic E-state index is -3.83. The molecule has 2 fully saturated rings. The molecule has 0 bridgehead atoms. The van der Waals surface area contributed by atoms with Gasteiger partial charge in [-0.2, -0.15) is 4.31 Å². The summed E-state index contributed by atoms with van der Waals surface area (Å²) >= 11 is 1.21. The van der Waals surface area contributed by atoms with Gasteiger partial charge in [-0.25, -0.2) is 22.2 Å². The molecule has 1 aromatic heterocycles. The van der Waals surface area contributed by atoms with E-state index in [2.05, 4.69) is 4.98 Å². The number of nitrogens with zero attached hydrogens (tertiary/aromatic N) is 4. The second-order valence-electron chi connectivity index (χ2n) is 8.49. The number of ether oxygens (including phenoxy) is 1. The molecule has 1 atom stereocenters. The van der Waals surface area contributed by atoms with E-state index in [1.807, 2.05) is 4.90 Å². The highest BCUT2D eigenvalue weighted by Crippen LogP contribution is 2.32. The van der Waals surface area contributed by atoms with Crippen molar-refractivity contribution in [2.75, 3.05) is 44.7 Å². The van der Waals surface area contributed by atoms with Crippen LogP contribution in [-0.2, 0) is 14.8 Å². The van der Waals surface area contributed by atoms with Gasteiger partial charge in [0.15, 0.2) is 10.9 Å². The smallest absolute Gasteiger partial charge is 0.243 e. The third kappa shape index (κ3) is 4.45. The van der Waals surface area contributed by atoms with Crippen molar-refractivity contribution in [2.24, 2.45) is 0 Å². The Morgan fingerprint density at radius 1 is 1.09 bits per heavy atom. The minimum Gasteiger partial charge on any atom is -0.497 e. The van der Waals surface area contributed by atoms with Crippen molar-refractivity contribution in [2.45, 2.75) is 23.8 Å². The van der Waals surface area contributed by atoms with Crippen LogP contribution in [-0.4, -0.2) is 74.4 Å². The first-order valence-corrected chi connectivity index (χ1v) is 13.5. The first-order chi connectivity index (χ1) is 16.8. The number of benzene rings is 2. The molecule has 2 aliphatic rings. The second-order valence-corrected chi connectivity index (χ2v) is 11.4. The van der Waals surface area contributed by atoms with Gasteiger partial charge in [-0.15, -0.1) is 0 Å². The normalized spacial score (nSPS) is 19.5. The lowest BCUT2D eigenvalue weighted by Gasteiger charge is -2.37. The Kier molecular flexibility index (Phi) is 6.36. The highest BCUT2D eigenvalue weighted by atomic mass is 32.2. The van der Waals surface area contributed by atoms with E-state index < -0.39 is 27.7 Å². The van der Waals surface area contributed by atoms with Crippen LogP contribution < -0.4 is 9.64 Å². The zero-order valence-electron chi connectivity index (χ0n) is 19.0. The average Bonchev–Trinajstić information content (AvgIpc) is 3.52. The summed E-state index contributed by atoms with van der Waals surface area (Å²) < 4.78 is 60.9. The van der Waals surface area contributed by atoms with E-state index in [1.165, 1.54) is 41.0 Å². The monoisotopic (exact) mass is 522 g/mol. The van der Waals surface area contributed by atoms with Gasteiger partial charge in [-0.3, -0.25) is 4.79 Å². The molecule has 0 N–H and O–H groups in total. The van der Waals surface area contributed by atoms with Gasteiger partial charge in [0.2, 0.25) is 15.9 Å². The number of hydrogen-bond acceptors (Lipinski definition) is 7. The lowest BCUT2D eigenvalue weighted by atomic mass is 10.2. The summed E-state index contributed by atoms with van der Waals surface area (Å²) in [5.41, 5.74) is 0.134. The molecule has 1 unspecified atom stereocenters. The molecule has 0 aliphatic carbocycles. The summed E-state index contributed by atoms with van der Waals surface area (Å²) in [6.07, 6.45) is 1.08. The Hall–Kier alpha value is -2.83. The highest BCUT2D eigenvalue weighted by molar-refractivity contribution is 7.89. The first-order valence-electron chi connectivity index (χ1n) is 11.2. The molecule has 0 spiro atoms. The molecule has 1 amide bonds. The van der Waals surface area contributed by atoms with Crippen molar-refractivity contribution >= 4 is 42.6 Å². The van der Waals surface area contributed by atoms with Gasteiger partial charge in [0.25, 0.3) is 0 Å². The number of carbonyl (C=O) groups is 1. The zero-order chi connectivity index (χ0) is 24.7. The van der Waals surface area contributed by atoms with E-state index in [9.17, 15) is 22.0 Å². The van der Waals surface area contributed by atoms with Gasteiger partial charge in [0, 0.05) is 38.8 Å². The van der Waals surface area contributed by atoms with E-state index in [4.69, 9.17) is 4.74 Å². The third-order valence-electron chi connectivity index (χ3n) is 6.42. The van der Waals surface area contributed by atoms with E-state index >= 15 is 0 Å². The van der Waals surface area contributed by atoms with Gasteiger partial charge in [0.1, 0.15) is 23.1 Å². The Bertz CT molecular complexity index is 1360. The number of thiazole rings is 1. The maximum atomic E-state index is 14.0. The van der Waals surface area contributed by atoms with Crippen molar-refractivity contribution in [3.63, 3.8) is 0 Å². The summed E-state index contributed by atoms with van der Waals surface area (Å²) in [5, 5.41) is 0.571. The van der Waals surface area contributed by atoms with E-state index in [0.717, 1.165) is 6.07 Å². The van der Waals surface area contributed by atoms with Gasteiger partial charge in [-0.05, 0) is 43.2 Å². The topological polar surface area (TPSA) is 83.0 Å². The minimum absolute atomic E-state index is 0.127. The fraction of sp³-hybridized carbons (Fsp3) is 0.391. The molecule has 2 aliphatic heterocycles. The lowest BCUT2D eigenvalue weighted by molar-refractivity contribution is -0.134. The van der Waals surface area contributed by atoms with Crippen LogP contribution >= 0.6 is 11.3 Å². The summed E-state index contributed by atoms with van der Waals surface area (Å²) in [5.74, 6) is -1.00. The molecule has 2 aromatic carbocycles. The Balaban J connectivity index is 1.27. The molecule has 3 heterocycles. The van der Waals surface area contributed by atoms with Crippen LogP contribution in [0.25, 0.3) is 10.2 Å². The number of fused-ring (bicyclic) bond motifs is 1. The number of sulfonamides is 1. The molecule has 0 radical (unpaired) electrons. The Labute approximate surface area is 205 Å². The molecule has 5 rings (SSSR count). The summed E-state index contributed by atoms with van der Waals surface area (Å²) in [6, 6.07) is 7.47. The Morgan fingerprint density at radius 2 is 1.80 bits per heavy atom. The highest BCUT2D eigenvalue weighted by Gasteiger charge is 2.41. The molecule has 3 aromatic rings. The van der Waals surface area contributed by atoms with E-state index in [0.29, 0.717) is 61.1 Å². The molecule has 186 valence electrons. The predicted molar refractivity (Wildman–Crippen MR) is 128 cm³/mol.